The van der Waals surface area contributed by atoms with Gasteiger partial charge in [0.25, 0.3) is 0 Å². The van der Waals surface area contributed by atoms with Crippen LogP contribution in [0.1, 0.15) is 5.56 Å². The van der Waals surface area contributed by atoms with Crippen LogP contribution in [0, 0.1) is 11.3 Å². The van der Waals surface area contributed by atoms with Gasteiger partial charge >= 0.3 is 6.36 Å². The van der Waals surface area contributed by atoms with Crippen molar-refractivity contribution in [3.05, 3.63) is 48.2 Å². The lowest BCUT2D eigenvalue weighted by molar-refractivity contribution is -0.274. The van der Waals surface area contributed by atoms with Crippen LogP contribution in [0.25, 0.3) is 0 Å². The van der Waals surface area contributed by atoms with Crippen molar-refractivity contribution in [2.24, 2.45) is 0 Å². The molecule has 148 valence electrons. The molecule has 0 unspecified atom stereocenters. The van der Waals surface area contributed by atoms with E-state index in [-0.39, 0.29) is 18.0 Å². The SMILES string of the molecule is N#Cc1ccnc(N2CCN(S(=O)(=O)c3ccc(OC(F)(F)F)cc3)CC2)c1. The van der Waals surface area contributed by atoms with Crippen molar-refractivity contribution in [1.29, 1.82) is 5.26 Å². The molecule has 0 amide bonds. The first-order chi connectivity index (χ1) is 13.2. The van der Waals surface area contributed by atoms with Gasteiger partial charge in [0.15, 0.2) is 0 Å². The van der Waals surface area contributed by atoms with Gasteiger partial charge in [0.05, 0.1) is 16.5 Å². The molecule has 1 aliphatic rings. The molecular weight excluding hydrogens is 397 g/mol. The van der Waals surface area contributed by atoms with Crippen LogP contribution in [0.3, 0.4) is 0 Å². The molecule has 1 fully saturated rings. The third kappa shape index (κ3) is 4.52. The van der Waals surface area contributed by atoms with Gasteiger partial charge in [0.1, 0.15) is 11.6 Å². The molecule has 0 saturated carbocycles. The standard InChI is InChI=1S/C17H15F3N4O3S/c18-17(19,20)27-14-1-3-15(4-2-14)28(25,26)24-9-7-23(8-10-24)16-11-13(12-21)5-6-22-16/h1-6,11H,7-10H2. The van der Waals surface area contributed by atoms with Gasteiger partial charge in [-0.15, -0.1) is 13.2 Å². The molecule has 2 heterocycles. The number of nitriles is 1. The number of sulfonamides is 1. The van der Waals surface area contributed by atoms with Gasteiger partial charge in [-0.2, -0.15) is 9.57 Å². The molecule has 7 nitrogen and oxygen atoms in total. The summed E-state index contributed by atoms with van der Waals surface area (Å²) in [5.74, 6) is 0.101. The van der Waals surface area contributed by atoms with Crippen molar-refractivity contribution in [1.82, 2.24) is 9.29 Å². The van der Waals surface area contributed by atoms with E-state index >= 15 is 0 Å². The summed E-state index contributed by atoms with van der Waals surface area (Å²) < 4.78 is 67.1. The number of benzene rings is 1. The molecule has 0 N–H and O–H groups in total. The average molecular weight is 412 g/mol. The Balaban J connectivity index is 1.68. The Labute approximate surface area is 159 Å². The fourth-order valence-corrected chi connectivity index (χ4v) is 4.20. The molecule has 1 aromatic carbocycles. The molecule has 0 spiro atoms. The molecule has 0 aliphatic carbocycles. The maximum Gasteiger partial charge on any atom is 0.573 e. The van der Waals surface area contributed by atoms with Gasteiger partial charge in [0.2, 0.25) is 10.0 Å². The molecule has 3 rings (SSSR count). The van der Waals surface area contributed by atoms with Crippen LogP contribution in [-0.4, -0.2) is 50.2 Å². The van der Waals surface area contributed by atoms with Crippen molar-refractivity contribution < 1.29 is 26.3 Å². The summed E-state index contributed by atoms with van der Waals surface area (Å²) in [4.78, 5) is 5.95. The normalized spacial score (nSPS) is 15.9. The van der Waals surface area contributed by atoms with Crippen molar-refractivity contribution in [3.63, 3.8) is 0 Å². The highest BCUT2D eigenvalue weighted by Crippen LogP contribution is 2.26. The quantitative estimate of drug-likeness (QED) is 0.766. The molecule has 2 aromatic rings. The van der Waals surface area contributed by atoms with Crippen molar-refractivity contribution >= 4 is 15.8 Å². The Hall–Kier alpha value is -2.84. The highest BCUT2D eigenvalue weighted by Gasteiger charge is 2.32. The number of nitrogens with zero attached hydrogens (tertiary/aromatic N) is 4. The second kappa shape index (κ2) is 7.65. The number of aromatic nitrogens is 1. The van der Waals surface area contributed by atoms with E-state index in [1.165, 1.54) is 10.5 Å². The summed E-state index contributed by atoms with van der Waals surface area (Å²) in [6.45, 7) is 1.11. The number of piperazine rings is 1. The predicted molar refractivity (Wildman–Crippen MR) is 93.0 cm³/mol. The van der Waals surface area contributed by atoms with E-state index in [2.05, 4.69) is 9.72 Å². The molecule has 1 aromatic heterocycles. The molecular formula is C17H15F3N4O3S. The van der Waals surface area contributed by atoms with Crippen molar-refractivity contribution in [3.8, 4) is 11.8 Å². The number of anilines is 1. The van der Waals surface area contributed by atoms with E-state index in [0.717, 1.165) is 24.3 Å². The second-order valence-corrected chi connectivity index (χ2v) is 7.86. The molecule has 0 atom stereocenters. The van der Waals surface area contributed by atoms with Crippen LogP contribution in [0.15, 0.2) is 47.5 Å². The molecule has 0 radical (unpaired) electrons. The minimum Gasteiger partial charge on any atom is -0.406 e. The second-order valence-electron chi connectivity index (χ2n) is 5.92. The van der Waals surface area contributed by atoms with Gasteiger partial charge in [-0.3, -0.25) is 0 Å². The number of alkyl halides is 3. The van der Waals surface area contributed by atoms with E-state index < -0.39 is 22.1 Å². The van der Waals surface area contributed by atoms with Crippen LogP contribution < -0.4 is 9.64 Å². The van der Waals surface area contributed by atoms with Crippen LogP contribution in [0.2, 0.25) is 0 Å². The Morgan fingerprint density at radius 1 is 1.07 bits per heavy atom. The summed E-state index contributed by atoms with van der Waals surface area (Å²) in [7, 11) is -3.84. The monoisotopic (exact) mass is 412 g/mol. The summed E-state index contributed by atoms with van der Waals surface area (Å²) in [5.41, 5.74) is 0.459. The van der Waals surface area contributed by atoms with E-state index in [9.17, 15) is 21.6 Å². The highest BCUT2D eigenvalue weighted by atomic mass is 32.2. The van der Waals surface area contributed by atoms with E-state index in [1.807, 2.05) is 11.0 Å². The van der Waals surface area contributed by atoms with Gasteiger partial charge in [-0.1, -0.05) is 0 Å². The highest BCUT2D eigenvalue weighted by molar-refractivity contribution is 7.89. The predicted octanol–water partition coefficient (Wildman–Crippen LogP) is 2.36. The van der Waals surface area contributed by atoms with Crippen LogP contribution in [0.5, 0.6) is 5.75 Å². The van der Waals surface area contributed by atoms with Crippen molar-refractivity contribution in [2.75, 3.05) is 31.1 Å². The Morgan fingerprint density at radius 2 is 1.71 bits per heavy atom. The third-order valence-corrected chi connectivity index (χ3v) is 6.05. The fraction of sp³-hybridized carbons (Fsp3) is 0.294. The van der Waals surface area contributed by atoms with Gasteiger partial charge in [0, 0.05) is 32.4 Å². The summed E-state index contributed by atoms with van der Waals surface area (Å²) in [6, 6.07) is 9.33. The first-order valence-corrected chi connectivity index (χ1v) is 9.60. The first kappa shape index (κ1) is 19.9. The van der Waals surface area contributed by atoms with Gasteiger partial charge in [-0.05, 0) is 36.4 Å². The fourth-order valence-electron chi connectivity index (χ4n) is 2.78. The number of pyridine rings is 1. The van der Waals surface area contributed by atoms with E-state index in [0.29, 0.717) is 24.5 Å². The maximum absolute atomic E-state index is 12.7. The average Bonchev–Trinajstić information content (AvgIpc) is 2.67. The Kier molecular flexibility index (Phi) is 5.44. The third-order valence-electron chi connectivity index (χ3n) is 4.13. The zero-order valence-electron chi connectivity index (χ0n) is 14.4. The summed E-state index contributed by atoms with van der Waals surface area (Å²) in [6.07, 6.45) is -3.32. The summed E-state index contributed by atoms with van der Waals surface area (Å²) >= 11 is 0. The number of halogens is 3. The van der Waals surface area contributed by atoms with Crippen LogP contribution in [0.4, 0.5) is 19.0 Å². The van der Waals surface area contributed by atoms with Crippen LogP contribution in [-0.2, 0) is 10.0 Å². The largest absolute Gasteiger partial charge is 0.573 e. The minimum atomic E-state index is -4.84. The molecule has 11 heteroatoms. The molecule has 1 aliphatic heterocycles. The lowest BCUT2D eigenvalue weighted by atomic mass is 10.2. The number of rotatable bonds is 4. The van der Waals surface area contributed by atoms with Gasteiger partial charge in [-0.25, -0.2) is 13.4 Å². The number of ether oxygens (including phenoxy) is 1. The Bertz CT molecular complexity index is 980. The van der Waals surface area contributed by atoms with Gasteiger partial charge < -0.3 is 9.64 Å². The maximum atomic E-state index is 12.7. The Morgan fingerprint density at radius 3 is 2.29 bits per heavy atom. The molecule has 1 saturated heterocycles. The van der Waals surface area contributed by atoms with Crippen molar-refractivity contribution in [2.45, 2.75) is 11.3 Å². The first-order valence-electron chi connectivity index (χ1n) is 8.16. The summed E-state index contributed by atoms with van der Waals surface area (Å²) in [5, 5.41) is 8.96. The lowest BCUT2D eigenvalue weighted by Gasteiger charge is -2.34. The zero-order valence-corrected chi connectivity index (χ0v) is 15.2. The minimum absolute atomic E-state index is 0.111. The zero-order chi connectivity index (χ0) is 20.4. The molecule has 0 bridgehead atoms. The van der Waals surface area contributed by atoms with E-state index in [1.54, 1.807) is 12.1 Å². The van der Waals surface area contributed by atoms with Crippen LogP contribution >= 0.6 is 0 Å². The number of hydrogen-bond donors (Lipinski definition) is 0. The lowest BCUT2D eigenvalue weighted by Crippen LogP contribution is -2.48. The van der Waals surface area contributed by atoms with E-state index in [4.69, 9.17) is 5.26 Å². The topological polar surface area (TPSA) is 86.5 Å². The molecule has 28 heavy (non-hydrogen) atoms. The smallest absolute Gasteiger partial charge is 0.406 e. The number of hydrogen-bond acceptors (Lipinski definition) is 6.